The molecule has 2 amide bonds. The maximum Gasteiger partial charge on any atom is 0.460 e. The highest BCUT2D eigenvalue weighted by molar-refractivity contribution is 5.89. The number of nitrogens with zero attached hydrogens (tertiary/aromatic N) is 1. The third-order valence-electron chi connectivity index (χ3n) is 6.47. The summed E-state index contributed by atoms with van der Waals surface area (Å²) in [6.45, 7) is -3.93. The second kappa shape index (κ2) is 14.8. The number of halogens is 15. The quantitative estimate of drug-likeness (QED) is 0.173. The Morgan fingerprint density at radius 3 is 1.86 bits per heavy atom. The molecule has 0 aliphatic rings. The number of carboxylic acids is 1. The van der Waals surface area contributed by atoms with Gasteiger partial charge < -0.3 is 24.8 Å². The molecule has 1 unspecified atom stereocenters. The van der Waals surface area contributed by atoms with Crippen molar-refractivity contribution in [2.75, 3.05) is 31.6 Å². The Balaban J connectivity index is 2.37. The second-order valence-corrected chi connectivity index (χ2v) is 9.95. The van der Waals surface area contributed by atoms with Crippen LogP contribution < -0.4 is 10.1 Å². The third-order valence-corrected chi connectivity index (χ3v) is 6.47. The van der Waals surface area contributed by atoms with Crippen molar-refractivity contribution in [1.29, 1.82) is 0 Å². The van der Waals surface area contributed by atoms with E-state index in [9.17, 15) is 75.4 Å². The standard InChI is InChI=1S/C27H23F15N2O5/c1-2-48-19(20(45)46)11-14-3-6-16(7-4-14)49-10-9-44(21(47)43-18-8-5-15(28)12-17(18)29)13-22(30,31)23(32,33)24(34,35)25(36,37)26(38,39)27(40,41)42/h3-8,12,19H,2,9-11,13H2,1H3,(H,43,47)(H,45,46). The van der Waals surface area contributed by atoms with Gasteiger partial charge in [0.05, 0.1) is 18.8 Å². The Labute approximate surface area is 265 Å². The number of carbonyl (C=O) groups is 2. The molecular weight excluding hydrogens is 717 g/mol. The lowest BCUT2D eigenvalue weighted by Crippen LogP contribution is -2.71. The molecule has 276 valence electrons. The first-order chi connectivity index (χ1) is 22.2. The predicted molar refractivity (Wildman–Crippen MR) is 136 cm³/mol. The Kier molecular flexibility index (Phi) is 12.4. The van der Waals surface area contributed by atoms with Crippen molar-refractivity contribution in [3.63, 3.8) is 0 Å². The molecule has 0 saturated heterocycles. The normalized spacial score (nSPS) is 14.0. The monoisotopic (exact) mass is 740 g/mol. The van der Waals surface area contributed by atoms with Gasteiger partial charge in [0.25, 0.3) is 0 Å². The lowest BCUT2D eigenvalue weighted by molar-refractivity contribution is -0.439. The first-order valence-electron chi connectivity index (χ1n) is 13.3. The molecule has 1 atom stereocenters. The summed E-state index contributed by atoms with van der Waals surface area (Å²) in [6.07, 6.45) is -9.03. The molecule has 22 heteroatoms. The number of carboxylic acid groups (broad SMARTS) is 1. The lowest BCUT2D eigenvalue weighted by atomic mass is 9.93. The van der Waals surface area contributed by atoms with Gasteiger partial charge in [-0.05, 0) is 36.8 Å². The third kappa shape index (κ3) is 8.74. The topological polar surface area (TPSA) is 88.1 Å². The van der Waals surface area contributed by atoms with Crippen LogP contribution >= 0.6 is 0 Å². The molecule has 2 aromatic rings. The molecule has 0 radical (unpaired) electrons. The summed E-state index contributed by atoms with van der Waals surface area (Å²) in [6, 6.07) is 3.85. The van der Waals surface area contributed by atoms with Gasteiger partial charge in [0.2, 0.25) is 0 Å². The number of hydrogen-bond donors (Lipinski definition) is 2. The van der Waals surface area contributed by atoms with E-state index in [0.717, 1.165) is 12.1 Å². The van der Waals surface area contributed by atoms with Crippen LogP contribution in [0.5, 0.6) is 5.75 Å². The number of amides is 2. The van der Waals surface area contributed by atoms with Crippen LogP contribution in [0.15, 0.2) is 42.5 Å². The molecule has 0 aliphatic carbocycles. The fraction of sp³-hybridized carbons (Fsp3) is 0.481. The molecular formula is C27H23F15N2O5. The zero-order valence-corrected chi connectivity index (χ0v) is 24.4. The zero-order chi connectivity index (χ0) is 37.8. The lowest BCUT2D eigenvalue weighted by Gasteiger charge is -2.40. The molecule has 0 heterocycles. The number of urea groups is 1. The predicted octanol–water partition coefficient (Wildman–Crippen LogP) is 7.65. The molecule has 2 rings (SSSR count). The van der Waals surface area contributed by atoms with E-state index >= 15 is 0 Å². The molecule has 0 spiro atoms. The van der Waals surface area contributed by atoms with Crippen LogP contribution in [-0.2, 0) is 16.0 Å². The van der Waals surface area contributed by atoms with Crippen LogP contribution in [0.4, 0.5) is 76.3 Å². The van der Waals surface area contributed by atoms with Crippen LogP contribution in [-0.4, -0.2) is 90.2 Å². The van der Waals surface area contributed by atoms with Gasteiger partial charge in [-0.1, -0.05) is 12.1 Å². The number of nitrogens with one attached hydrogen (secondary N) is 1. The SMILES string of the molecule is CCOC(Cc1ccc(OCCN(CC(F)(F)C(F)(F)C(F)(F)C(F)(F)C(F)(F)C(F)(F)F)C(=O)Nc2ccc(F)cc2F)cc1)C(=O)O. The van der Waals surface area contributed by atoms with Crippen molar-refractivity contribution >= 4 is 17.7 Å². The number of benzene rings is 2. The van der Waals surface area contributed by atoms with Crippen molar-refractivity contribution in [2.45, 2.75) is 55.2 Å². The minimum atomic E-state index is -8.17. The second-order valence-electron chi connectivity index (χ2n) is 9.95. The van der Waals surface area contributed by atoms with Crippen molar-refractivity contribution in [3.8, 4) is 5.75 Å². The molecule has 2 aromatic carbocycles. The van der Waals surface area contributed by atoms with Gasteiger partial charge in [-0.25, -0.2) is 18.4 Å². The molecule has 0 aromatic heterocycles. The van der Waals surface area contributed by atoms with Gasteiger partial charge in [0.15, 0.2) is 6.10 Å². The number of ether oxygens (including phenoxy) is 2. The molecule has 0 fully saturated rings. The van der Waals surface area contributed by atoms with E-state index in [2.05, 4.69) is 0 Å². The highest BCUT2D eigenvalue weighted by Crippen LogP contribution is 2.60. The number of rotatable bonds is 16. The van der Waals surface area contributed by atoms with E-state index in [1.54, 1.807) is 0 Å². The maximum absolute atomic E-state index is 14.7. The average molecular weight is 740 g/mol. The van der Waals surface area contributed by atoms with Gasteiger partial charge in [-0.15, -0.1) is 0 Å². The summed E-state index contributed by atoms with van der Waals surface area (Å²) in [5.74, 6) is -43.0. The number of alkyl halides is 13. The van der Waals surface area contributed by atoms with E-state index in [1.807, 2.05) is 0 Å². The summed E-state index contributed by atoms with van der Waals surface area (Å²) in [4.78, 5) is 23.3. The van der Waals surface area contributed by atoms with E-state index < -0.39 is 95.8 Å². The summed E-state index contributed by atoms with van der Waals surface area (Å²) in [7, 11) is 0. The highest BCUT2D eigenvalue weighted by atomic mass is 19.4. The average Bonchev–Trinajstić information content (AvgIpc) is 2.97. The minimum absolute atomic E-state index is 0.0428. The smallest absolute Gasteiger partial charge is 0.460 e. The van der Waals surface area contributed by atoms with Gasteiger partial charge in [-0.3, -0.25) is 0 Å². The Hall–Kier alpha value is -4.11. The van der Waals surface area contributed by atoms with Gasteiger partial charge in [0, 0.05) is 19.1 Å². The molecule has 0 bridgehead atoms. The first-order valence-corrected chi connectivity index (χ1v) is 13.3. The van der Waals surface area contributed by atoms with Crippen LogP contribution in [0.2, 0.25) is 0 Å². The van der Waals surface area contributed by atoms with Gasteiger partial charge in [0.1, 0.15) is 24.0 Å². The highest BCUT2D eigenvalue weighted by Gasteiger charge is 2.90. The van der Waals surface area contributed by atoms with E-state index in [-0.39, 0.29) is 24.8 Å². The molecule has 7 nitrogen and oxygen atoms in total. The maximum atomic E-state index is 14.7. The fourth-order valence-electron chi connectivity index (χ4n) is 3.81. The van der Waals surface area contributed by atoms with Crippen molar-refractivity contribution in [2.24, 2.45) is 0 Å². The summed E-state index contributed by atoms with van der Waals surface area (Å²) in [5, 5.41) is 10.6. The van der Waals surface area contributed by atoms with E-state index in [0.29, 0.717) is 17.7 Å². The fourth-order valence-corrected chi connectivity index (χ4v) is 3.81. The minimum Gasteiger partial charge on any atom is -0.492 e. The molecule has 2 N–H and O–H groups in total. The summed E-state index contributed by atoms with van der Waals surface area (Å²) in [5.41, 5.74) is -0.678. The Bertz CT molecular complexity index is 1450. The number of carbonyl (C=O) groups excluding carboxylic acids is 1. The van der Waals surface area contributed by atoms with E-state index in [4.69, 9.17) is 14.6 Å². The Morgan fingerprint density at radius 2 is 1.37 bits per heavy atom. The van der Waals surface area contributed by atoms with Crippen molar-refractivity contribution in [1.82, 2.24) is 4.90 Å². The van der Waals surface area contributed by atoms with Gasteiger partial charge in [-0.2, -0.15) is 57.1 Å². The Morgan fingerprint density at radius 1 is 0.816 bits per heavy atom. The number of anilines is 1. The summed E-state index contributed by atoms with van der Waals surface area (Å²) >= 11 is 0. The zero-order valence-electron chi connectivity index (χ0n) is 24.4. The van der Waals surface area contributed by atoms with Crippen molar-refractivity contribution in [3.05, 3.63) is 59.7 Å². The summed E-state index contributed by atoms with van der Waals surface area (Å²) < 4.78 is 214. The number of hydrogen-bond acceptors (Lipinski definition) is 4. The molecule has 49 heavy (non-hydrogen) atoms. The first kappa shape index (κ1) is 41.1. The molecule has 0 aliphatic heterocycles. The largest absolute Gasteiger partial charge is 0.492 e. The van der Waals surface area contributed by atoms with Crippen LogP contribution in [0, 0.1) is 11.6 Å². The van der Waals surface area contributed by atoms with Crippen LogP contribution in [0.3, 0.4) is 0 Å². The van der Waals surface area contributed by atoms with Crippen LogP contribution in [0.25, 0.3) is 0 Å². The van der Waals surface area contributed by atoms with Crippen LogP contribution in [0.1, 0.15) is 12.5 Å². The van der Waals surface area contributed by atoms with Gasteiger partial charge >= 0.3 is 47.8 Å². The molecule has 0 saturated carbocycles. The van der Waals surface area contributed by atoms with Crippen molar-refractivity contribution < 1.29 is 90.0 Å². The van der Waals surface area contributed by atoms with E-state index in [1.165, 1.54) is 24.4 Å². The number of aliphatic carboxylic acids is 1.